The third kappa shape index (κ3) is 3.03. The summed E-state index contributed by atoms with van der Waals surface area (Å²) >= 11 is 5.00. The van der Waals surface area contributed by atoms with Gasteiger partial charge in [0.2, 0.25) is 0 Å². The molecule has 2 aromatic heterocycles. The minimum Gasteiger partial charge on any atom is -0.355 e. The minimum atomic E-state index is -0.232. The Labute approximate surface area is 118 Å². The molecule has 18 heavy (non-hydrogen) atoms. The number of aryl methyl sites for hydroxylation is 1. The lowest BCUT2D eigenvalue weighted by Gasteiger charge is -2.10. The predicted octanol–water partition coefficient (Wildman–Crippen LogP) is 2.74. The summed E-state index contributed by atoms with van der Waals surface area (Å²) in [4.78, 5) is 12.0. The van der Waals surface area contributed by atoms with E-state index >= 15 is 0 Å². The number of rotatable bonds is 5. The molecule has 0 aromatic carbocycles. The van der Waals surface area contributed by atoms with Crippen LogP contribution in [-0.4, -0.2) is 41.2 Å². The number of thioether (sulfide) groups is 1. The normalized spacial score (nSPS) is 11.6. The van der Waals surface area contributed by atoms with Gasteiger partial charge < -0.3 is 14.5 Å². The molecule has 5 nitrogen and oxygen atoms in total. The summed E-state index contributed by atoms with van der Waals surface area (Å²) in [6.45, 7) is 1.94. The molecule has 0 bridgehead atoms. The fourth-order valence-electron chi connectivity index (χ4n) is 1.43. The van der Waals surface area contributed by atoms with Crippen LogP contribution in [0.25, 0.3) is 11.2 Å². The molecule has 2 aromatic rings. The summed E-state index contributed by atoms with van der Waals surface area (Å²) in [7, 11) is 3.24. The van der Waals surface area contributed by atoms with Crippen molar-refractivity contribution in [2.75, 3.05) is 20.0 Å². The van der Waals surface area contributed by atoms with E-state index < -0.39 is 0 Å². The standard InChI is InChI=1S/C11H14BrN3O2S/c1-6-7(12)4-8-10(13-6)15-11(14-8)18-5-9(16-2)17-3/h4,9H,5H2,1-3H3,(H,13,14,15). The van der Waals surface area contributed by atoms with E-state index in [4.69, 9.17) is 9.47 Å². The molecule has 0 atom stereocenters. The van der Waals surface area contributed by atoms with Gasteiger partial charge in [0.1, 0.15) is 0 Å². The number of aromatic nitrogens is 3. The van der Waals surface area contributed by atoms with Gasteiger partial charge in [0, 0.05) is 18.7 Å². The molecule has 7 heteroatoms. The number of H-pyrrole nitrogens is 1. The average molecular weight is 332 g/mol. The SMILES string of the molecule is COC(CSc1nc2nc(C)c(Br)cc2[nH]1)OC. The van der Waals surface area contributed by atoms with Crippen molar-refractivity contribution in [1.29, 1.82) is 0 Å². The number of nitrogens with one attached hydrogen (secondary N) is 1. The Bertz CT molecular complexity index is 503. The fourth-order valence-corrected chi connectivity index (χ4v) is 2.65. The van der Waals surface area contributed by atoms with Gasteiger partial charge in [-0.2, -0.15) is 0 Å². The van der Waals surface area contributed by atoms with E-state index in [0.717, 1.165) is 26.5 Å². The van der Waals surface area contributed by atoms with Gasteiger partial charge in [-0.25, -0.2) is 9.97 Å². The van der Waals surface area contributed by atoms with Crippen LogP contribution < -0.4 is 0 Å². The van der Waals surface area contributed by atoms with Gasteiger partial charge in [-0.15, -0.1) is 0 Å². The molecule has 0 saturated carbocycles. The lowest BCUT2D eigenvalue weighted by Crippen LogP contribution is -2.15. The second-order valence-corrected chi connectivity index (χ2v) is 5.54. The highest BCUT2D eigenvalue weighted by Crippen LogP contribution is 2.23. The second-order valence-electron chi connectivity index (χ2n) is 3.68. The first-order valence-electron chi connectivity index (χ1n) is 5.35. The van der Waals surface area contributed by atoms with Gasteiger partial charge in [0.05, 0.1) is 17.0 Å². The Morgan fingerprint density at radius 3 is 2.78 bits per heavy atom. The summed E-state index contributed by atoms with van der Waals surface area (Å²) in [6, 6.07) is 1.98. The number of imidazole rings is 1. The smallest absolute Gasteiger partial charge is 0.178 e. The third-order valence-corrected chi connectivity index (χ3v) is 4.17. The van der Waals surface area contributed by atoms with E-state index in [2.05, 4.69) is 30.9 Å². The topological polar surface area (TPSA) is 60.0 Å². The first-order chi connectivity index (χ1) is 8.63. The van der Waals surface area contributed by atoms with Crippen LogP contribution in [0.1, 0.15) is 5.69 Å². The van der Waals surface area contributed by atoms with Gasteiger partial charge in [-0.3, -0.25) is 0 Å². The van der Waals surface area contributed by atoms with Gasteiger partial charge in [-0.05, 0) is 28.9 Å². The molecule has 2 heterocycles. The third-order valence-electron chi connectivity index (χ3n) is 2.46. The number of halogens is 1. The van der Waals surface area contributed by atoms with E-state index in [1.165, 1.54) is 0 Å². The van der Waals surface area contributed by atoms with E-state index in [-0.39, 0.29) is 6.29 Å². The molecule has 0 unspecified atom stereocenters. The van der Waals surface area contributed by atoms with Crippen molar-refractivity contribution < 1.29 is 9.47 Å². The summed E-state index contributed by atoms with van der Waals surface area (Å²) < 4.78 is 11.2. The van der Waals surface area contributed by atoms with Gasteiger partial charge in [0.25, 0.3) is 0 Å². The number of pyridine rings is 1. The molecular formula is C11H14BrN3O2S. The van der Waals surface area contributed by atoms with Crippen LogP contribution in [-0.2, 0) is 9.47 Å². The Kier molecular flexibility index (Phi) is 4.60. The van der Waals surface area contributed by atoms with E-state index in [1.54, 1.807) is 26.0 Å². The van der Waals surface area contributed by atoms with Crippen molar-refractivity contribution in [1.82, 2.24) is 15.0 Å². The quantitative estimate of drug-likeness (QED) is 0.674. The zero-order chi connectivity index (χ0) is 13.1. The lowest BCUT2D eigenvalue weighted by molar-refractivity contribution is -0.0842. The number of hydrogen-bond acceptors (Lipinski definition) is 5. The van der Waals surface area contributed by atoms with Crippen LogP contribution in [0.15, 0.2) is 15.7 Å². The zero-order valence-corrected chi connectivity index (χ0v) is 12.8. The van der Waals surface area contributed by atoms with Crippen LogP contribution >= 0.6 is 27.7 Å². The molecule has 0 spiro atoms. The van der Waals surface area contributed by atoms with E-state index in [9.17, 15) is 0 Å². The molecule has 2 rings (SSSR count). The number of fused-ring (bicyclic) bond motifs is 1. The van der Waals surface area contributed by atoms with Crippen LogP contribution in [0.3, 0.4) is 0 Å². The lowest BCUT2D eigenvalue weighted by atomic mass is 10.3. The maximum Gasteiger partial charge on any atom is 0.178 e. The molecule has 0 fully saturated rings. The highest BCUT2D eigenvalue weighted by atomic mass is 79.9. The number of ether oxygens (including phenoxy) is 2. The maximum atomic E-state index is 5.13. The van der Waals surface area contributed by atoms with Crippen LogP contribution in [0.2, 0.25) is 0 Å². The molecule has 0 amide bonds. The van der Waals surface area contributed by atoms with Crippen molar-refractivity contribution in [2.24, 2.45) is 0 Å². The van der Waals surface area contributed by atoms with Crippen LogP contribution in [0.5, 0.6) is 0 Å². The van der Waals surface area contributed by atoms with Crippen molar-refractivity contribution in [3.63, 3.8) is 0 Å². The predicted molar refractivity (Wildman–Crippen MR) is 74.9 cm³/mol. The molecule has 0 aliphatic heterocycles. The average Bonchev–Trinajstić information content (AvgIpc) is 2.73. The first kappa shape index (κ1) is 13.8. The second kappa shape index (κ2) is 6.01. The number of hydrogen-bond donors (Lipinski definition) is 1. The fraction of sp³-hybridized carbons (Fsp3) is 0.455. The van der Waals surface area contributed by atoms with E-state index in [0.29, 0.717) is 5.75 Å². The Balaban J connectivity index is 2.15. The van der Waals surface area contributed by atoms with Gasteiger partial charge in [0.15, 0.2) is 17.1 Å². The summed E-state index contributed by atoms with van der Waals surface area (Å²) in [5.74, 6) is 0.674. The molecular weight excluding hydrogens is 318 g/mol. The summed E-state index contributed by atoms with van der Waals surface area (Å²) in [5, 5.41) is 0.814. The van der Waals surface area contributed by atoms with Crippen molar-refractivity contribution in [3.8, 4) is 0 Å². The molecule has 0 radical (unpaired) electrons. The maximum absolute atomic E-state index is 5.13. The molecule has 0 aliphatic rings. The van der Waals surface area contributed by atoms with Crippen LogP contribution in [0, 0.1) is 6.92 Å². The van der Waals surface area contributed by atoms with Crippen molar-refractivity contribution >= 4 is 38.9 Å². The highest BCUT2D eigenvalue weighted by Gasteiger charge is 2.10. The summed E-state index contributed by atoms with van der Waals surface area (Å²) in [5.41, 5.74) is 2.57. The Hall–Kier alpha value is -0.630. The highest BCUT2D eigenvalue weighted by molar-refractivity contribution is 9.10. The van der Waals surface area contributed by atoms with Crippen molar-refractivity contribution in [3.05, 3.63) is 16.2 Å². The zero-order valence-electron chi connectivity index (χ0n) is 10.4. The van der Waals surface area contributed by atoms with Gasteiger partial charge >= 0.3 is 0 Å². The first-order valence-corrected chi connectivity index (χ1v) is 7.13. The molecule has 98 valence electrons. The van der Waals surface area contributed by atoms with Crippen molar-refractivity contribution in [2.45, 2.75) is 18.4 Å². The van der Waals surface area contributed by atoms with Gasteiger partial charge in [-0.1, -0.05) is 11.8 Å². The molecule has 0 aliphatic carbocycles. The Morgan fingerprint density at radius 2 is 2.11 bits per heavy atom. The van der Waals surface area contributed by atoms with Crippen LogP contribution in [0.4, 0.5) is 0 Å². The number of nitrogens with zero attached hydrogens (tertiary/aromatic N) is 2. The Morgan fingerprint density at radius 1 is 1.39 bits per heavy atom. The minimum absolute atomic E-state index is 0.232. The molecule has 0 saturated heterocycles. The van der Waals surface area contributed by atoms with E-state index in [1.807, 2.05) is 13.0 Å². The molecule has 1 N–H and O–H groups in total. The summed E-state index contributed by atoms with van der Waals surface area (Å²) in [6.07, 6.45) is -0.232. The number of methoxy groups -OCH3 is 2. The number of aromatic amines is 1. The monoisotopic (exact) mass is 331 g/mol. The largest absolute Gasteiger partial charge is 0.355 e.